The van der Waals surface area contributed by atoms with Crippen LogP contribution in [0.2, 0.25) is 0 Å². The van der Waals surface area contributed by atoms with E-state index in [4.69, 9.17) is 0 Å². The lowest BCUT2D eigenvalue weighted by atomic mass is 9.89. The van der Waals surface area contributed by atoms with E-state index in [1.54, 1.807) is 0 Å². The highest BCUT2D eigenvalue weighted by Gasteiger charge is 2.26. The number of benzene rings is 2. The van der Waals surface area contributed by atoms with Gasteiger partial charge in [-0.3, -0.25) is 9.69 Å². The predicted molar refractivity (Wildman–Crippen MR) is 107 cm³/mol. The molecule has 2 aromatic rings. The average Bonchev–Trinajstić information content (AvgIpc) is 2.69. The highest BCUT2D eigenvalue weighted by molar-refractivity contribution is 5.81. The molecule has 1 aliphatic rings. The Hall–Kier alpha value is -2.13. The van der Waals surface area contributed by atoms with E-state index in [1.165, 1.54) is 24.0 Å². The molecule has 0 unspecified atom stereocenters. The van der Waals surface area contributed by atoms with Gasteiger partial charge in [-0.15, -0.1) is 0 Å². The number of hydrogen-bond donors (Lipinski definition) is 1. The van der Waals surface area contributed by atoms with Crippen molar-refractivity contribution in [3.05, 3.63) is 71.8 Å². The minimum Gasteiger partial charge on any atom is -0.354 e. The number of nitrogens with zero attached hydrogens (tertiary/aromatic N) is 1. The summed E-state index contributed by atoms with van der Waals surface area (Å²) in [6.45, 7) is 4.78. The van der Waals surface area contributed by atoms with Crippen molar-refractivity contribution < 1.29 is 4.79 Å². The Morgan fingerprint density at radius 2 is 1.58 bits per heavy atom. The van der Waals surface area contributed by atoms with Gasteiger partial charge in [-0.05, 0) is 62.7 Å². The lowest BCUT2D eigenvalue weighted by Crippen LogP contribution is -2.48. The average molecular weight is 351 g/mol. The lowest BCUT2D eigenvalue weighted by molar-refractivity contribution is -0.126. The third-order valence-electron chi connectivity index (χ3n) is 5.50. The van der Waals surface area contributed by atoms with Crippen LogP contribution in [0.5, 0.6) is 0 Å². The molecule has 3 heteroatoms. The maximum Gasteiger partial charge on any atom is 0.237 e. The molecule has 1 amide bonds. The number of carbonyl (C=O) groups is 1. The fraction of sp³-hybridized carbons (Fsp3) is 0.435. The molecule has 1 N–H and O–H groups in total. The van der Waals surface area contributed by atoms with Crippen molar-refractivity contribution in [1.29, 1.82) is 0 Å². The van der Waals surface area contributed by atoms with E-state index in [0.717, 1.165) is 31.8 Å². The van der Waals surface area contributed by atoms with Gasteiger partial charge >= 0.3 is 0 Å². The van der Waals surface area contributed by atoms with Crippen LogP contribution in [0.25, 0.3) is 0 Å². The number of rotatable bonds is 7. The van der Waals surface area contributed by atoms with Gasteiger partial charge in [0.25, 0.3) is 0 Å². The molecule has 0 saturated carbocycles. The second-order valence-electron chi connectivity index (χ2n) is 7.37. The van der Waals surface area contributed by atoms with Crippen LogP contribution in [0.4, 0.5) is 0 Å². The standard InChI is InChI=1S/C23H30N2O/c1-19(23(26)24-15-12-20-8-4-2-5-9-20)25-16-13-22(14-17-25)18-21-10-6-3-7-11-21/h2-11,19,22H,12-18H2,1H3,(H,24,26)/t19-/m1/s1. The van der Waals surface area contributed by atoms with E-state index in [9.17, 15) is 4.79 Å². The van der Waals surface area contributed by atoms with Crippen molar-refractivity contribution in [2.24, 2.45) is 5.92 Å². The number of piperidine rings is 1. The van der Waals surface area contributed by atoms with Crippen LogP contribution in [0.3, 0.4) is 0 Å². The highest BCUT2D eigenvalue weighted by atomic mass is 16.2. The number of likely N-dealkylation sites (tertiary alicyclic amines) is 1. The van der Waals surface area contributed by atoms with Crippen LogP contribution in [-0.2, 0) is 17.6 Å². The van der Waals surface area contributed by atoms with E-state index >= 15 is 0 Å². The van der Waals surface area contributed by atoms with Crippen molar-refractivity contribution in [2.75, 3.05) is 19.6 Å². The Labute approximate surface area is 157 Å². The van der Waals surface area contributed by atoms with Gasteiger partial charge in [-0.1, -0.05) is 60.7 Å². The van der Waals surface area contributed by atoms with Crippen LogP contribution >= 0.6 is 0 Å². The summed E-state index contributed by atoms with van der Waals surface area (Å²) in [6, 6.07) is 21.0. The van der Waals surface area contributed by atoms with Crippen LogP contribution in [-0.4, -0.2) is 36.5 Å². The molecule has 3 rings (SSSR count). The van der Waals surface area contributed by atoms with Crippen LogP contribution in [0, 0.1) is 5.92 Å². The summed E-state index contributed by atoms with van der Waals surface area (Å²) in [6.07, 6.45) is 4.40. The molecule has 138 valence electrons. The fourth-order valence-corrected chi connectivity index (χ4v) is 3.78. The molecule has 0 aliphatic carbocycles. The first-order chi connectivity index (χ1) is 12.7. The zero-order chi connectivity index (χ0) is 18.2. The molecule has 0 radical (unpaired) electrons. The maximum absolute atomic E-state index is 12.5. The number of amides is 1. The molecule has 2 aromatic carbocycles. The monoisotopic (exact) mass is 350 g/mol. The first-order valence-electron chi connectivity index (χ1n) is 9.82. The predicted octanol–water partition coefficient (Wildman–Crippen LogP) is 3.69. The smallest absolute Gasteiger partial charge is 0.237 e. The zero-order valence-electron chi connectivity index (χ0n) is 15.7. The van der Waals surface area contributed by atoms with Crippen LogP contribution < -0.4 is 5.32 Å². The van der Waals surface area contributed by atoms with Gasteiger partial charge in [0.1, 0.15) is 0 Å². The van der Waals surface area contributed by atoms with Gasteiger partial charge in [-0.2, -0.15) is 0 Å². The maximum atomic E-state index is 12.5. The van der Waals surface area contributed by atoms with Gasteiger partial charge in [0.15, 0.2) is 0 Å². The first kappa shape index (κ1) is 18.7. The van der Waals surface area contributed by atoms with Gasteiger partial charge in [0.2, 0.25) is 5.91 Å². The zero-order valence-corrected chi connectivity index (χ0v) is 15.7. The van der Waals surface area contributed by atoms with Crippen LogP contribution in [0.15, 0.2) is 60.7 Å². The third kappa shape index (κ3) is 5.43. The molecule has 1 fully saturated rings. The summed E-state index contributed by atoms with van der Waals surface area (Å²) in [5.41, 5.74) is 2.69. The van der Waals surface area contributed by atoms with Crippen molar-refractivity contribution in [3.63, 3.8) is 0 Å². The molecule has 0 bridgehead atoms. The molecule has 3 nitrogen and oxygen atoms in total. The van der Waals surface area contributed by atoms with Gasteiger partial charge in [-0.25, -0.2) is 0 Å². The fourth-order valence-electron chi connectivity index (χ4n) is 3.78. The Balaban J connectivity index is 1.38. The summed E-state index contributed by atoms with van der Waals surface area (Å²) in [5, 5.41) is 3.10. The third-order valence-corrected chi connectivity index (χ3v) is 5.50. The van der Waals surface area contributed by atoms with Crippen molar-refractivity contribution >= 4 is 5.91 Å². The topological polar surface area (TPSA) is 32.3 Å². The largest absolute Gasteiger partial charge is 0.354 e. The quantitative estimate of drug-likeness (QED) is 0.826. The molecule has 1 heterocycles. The van der Waals surface area contributed by atoms with Crippen LogP contribution in [0.1, 0.15) is 30.9 Å². The molecule has 1 aliphatic heterocycles. The summed E-state index contributed by atoms with van der Waals surface area (Å²) in [5.74, 6) is 0.893. The van der Waals surface area contributed by atoms with E-state index in [-0.39, 0.29) is 11.9 Å². The van der Waals surface area contributed by atoms with E-state index in [0.29, 0.717) is 6.54 Å². The Bertz CT molecular complexity index is 663. The minimum absolute atomic E-state index is 0.0385. The summed E-state index contributed by atoms with van der Waals surface area (Å²) in [4.78, 5) is 14.8. The molecular formula is C23H30N2O. The normalized spacial score (nSPS) is 17.0. The minimum atomic E-state index is -0.0385. The Morgan fingerprint density at radius 1 is 1.00 bits per heavy atom. The number of nitrogens with one attached hydrogen (secondary N) is 1. The second-order valence-corrected chi connectivity index (χ2v) is 7.37. The molecule has 26 heavy (non-hydrogen) atoms. The SMILES string of the molecule is C[C@H](C(=O)NCCc1ccccc1)N1CCC(Cc2ccccc2)CC1. The van der Waals surface area contributed by atoms with Crippen molar-refractivity contribution in [3.8, 4) is 0 Å². The van der Waals surface area contributed by atoms with Crippen molar-refractivity contribution in [2.45, 2.75) is 38.6 Å². The molecule has 0 spiro atoms. The lowest BCUT2D eigenvalue weighted by Gasteiger charge is -2.35. The number of carbonyl (C=O) groups excluding carboxylic acids is 1. The molecule has 1 saturated heterocycles. The molecule has 0 aromatic heterocycles. The van der Waals surface area contributed by atoms with Crippen molar-refractivity contribution in [1.82, 2.24) is 10.2 Å². The van der Waals surface area contributed by atoms with E-state index in [1.807, 2.05) is 25.1 Å². The van der Waals surface area contributed by atoms with E-state index in [2.05, 4.69) is 52.7 Å². The Kier molecular flexibility index (Phi) is 6.84. The Morgan fingerprint density at radius 3 is 2.19 bits per heavy atom. The first-order valence-corrected chi connectivity index (χ1v) is 9.82. The second kappa shape index (κ2) is 9.54. The summed E-state index contributed by atoms with van der Waals surface area (Å²) < 4.78 is 0. The summed E-state index contributed by atoms with van der Waals surface area (Å²) in [7, 11) is 0. The van der Waals surface area contributed by atoms with Gasteiger partial charge in [0, 0.05) is 6.54 Å². The number of hydrogen-bond acceptors (Lipinski definition) is 2. The molecular weight excluding hydrogens is 320 g/mol. The van der Waals surface area contributed by atoms with Gasteiger partial charge < -0.3 is 5.32 Å². The highest BCUT2D eigenvalue weighted by Crippen LogP contribution is 2.22. The molecule has 1 atom stereocenters. The summed E-state index contributed by atoms with van der Waals surface area (Å²) >= 11 is 0. The van der Waals surface area contributed by atoms with E-state index < -0.39 is 0 Å². The van der Waals surface area contributed by atoms with Gasteiger partial charge in [0.05, 0.1) is 6.04 Å².